The highest BCUT2D eigenvalue weighted by molar-refractivity contribution is 6.05. The first-order valence-corrected chi connectivity index (χ1v) is 7.21. The van der Waals surface area contributed by atoms with Crippen LogP contribution in [0.15, 0.2) is 24.3 Å². The predicted molar refractivity (Wildman–Crippen MR) is 78.9 cm³/mol. The van der Waals surface area contributed by atoms with E-state index in [0.717, 1.165) is 12.8 Å². The molecule has 1 rings (SSSR count). The lowest BCUT2D eigenvalue weighted by molar-refractivity contribution is 0.0518. The number of esters is 1. The van der Waals surface area contributed by atoms with Crippen LogP contribution in [-0.2, 0) is 4.74 Å². The summed E-state index contributed by atoms with van der Waals surface area (Å²) in [6, 6.07) is 6.84. The van der Waals surface area contributed by atoms with E-state index in [0.29, 0.717) is 30.8 Å². The van der Waals surface area contributed by atoms with Crippen LogP contribution in [0.4, 0.5) is 0 Å². The Hall–Kier alpha value is -1.84. The minimum atomic E-state index is -0.440. The highest BCUT2D eigenvalue weighted by Crippen LogP contribution is 2.14. The largest absolute Gasteiger partial charge is 0.462 e. The summed E-state index contributed by atoms with van der Waals surface area (Å²) in [7, 11) is 0. The van der Waals surface area contributed by atoms with E-state index in [9.17, 15) is 9.59 Å². The second-order valence-corrected chi connectivity index (χ2v) is 4.56. The van der Waals surface area contributed by atoms with Crippen LogP contribution in [0.1, 0.15) is 54.3 Å². The number of hydrogen-bond donors (Lipinski definition) is 0. The van der Waals surface area contributed by atoms with Crippen molar-refractivity contribution in [2.45, 2.75) is 33.6 Å². The highest BCUT2D eigenvalue weighted by atomic mass is 16.5. The van der Waals surface area contributed by atoms with Crippen LogP contribution in [0.2, 0.25) is 0 Å². The van der Waals surface area contributed by atoms with Gasteiger partial charge in [-0.1, -0.05) is 26.0 Å². The molecule has 4 heteroatoms. The maximum Gasteiger partial charge on any atom is 0.338 e. The average Bonchev–Trinajstić information content (AvgIpc) is 2.46. The van der Waals surface area contributed by atoms with E-state index in [1.165, 1.54) is 0 Å². The van der Waals surface area contributed by atoms with Crippen LogP contribution in [0.5, 0.6) is 0 Å². The Morgan fingerprint density at radius 2 is 1.55 bits per heavy atom. The lowest BCUT2D eigenvalue weighted by atomic mass is 10.1. The molecule has 0 aromatic heterocycles. The van der Waals surface area contributed by atoms with E-state index in [1.54, 1.807) is 36.1 Å². The van der Waals surface area contributed by atoms with Crippen molar-refractivity contribution < 1.29 is 14.3 Å². The summed E-state index contributed by atoms with van der Waals surface area (Å²) in [4.78, 5) is 26.3. The van der Waals surface area contributed by atoms with Crippen LogP contribution in [0.3, 0.4) is 0 Å². The second kappa shape index (κ2) is 8.35. The lowest BCUT2D eigenvalue weighted by Crippen LogP contribution is -2.33. The lowest BCUT2D eigenvalue weighted by Gasteiger charge is -2.22. The molecule has 1 aromatic rings. The van der Waals surface area contributed by atoms with Crippen molar-refractivity contribution in [3.8, 4) is 0 Å². The molecule has 0 radical (unpaired) electrons. The second-order valence-electron chi connectivity index (χ2n) is 4.56. The first-order valence-electron chi connectivity index (χ1n) is 7.21. The first kappa shape index (κ1) is 16.2. The van der Waals surface area contributed by atoms with Gasteiger partial charge >= 0.3 is 5.97 Å². The number of hydrogen-bond acceptors (Lipinski definition) is 3. The molecule has 20 heavy (non-hydrogen) atoms. The van der Waals surface area contributed by atoms with Gasteiger partial charge in [-0.05, 0) is 31.9 Å². The van der Waals surface area contributed by atoms with Crippen LogP contribution in [0, 0.1) is 0 Å². The van der Waals surface area contributed by atoms with Gasteiger partial charge in [-0.15, -0.1) is 0 Å². The third-order valence-electron chi connectivity index (χ3n) is 2.93. The maximum absolute atomic E-state index is 12.6. The predicted octanol–water partition coefficient (Wildman–Crippen LogP) is 3.13. The van der Waals surface area contributed by atoms with Gasteiger partial charge in [0.15, 0.2) is 0 Å². The standard InChI is InChI=1S/C16H23NO3/c1-4-11-17(12-5-2)15(18)13-9-7-8-10-14(13)16(19)20-6-3/h7-10H,4-6,11-12H2,1-3H3. The number of ether oxygens (including phenoxy) is 1. The van der Waals surface area contributed by atoms with Gasteiger partial charge in [0.2, 0.25) is 0 Å². The van der Waals surface area contributed by atoms with Gasteiger partial charge < -0.3 is 9.64 Å². The minimum Gasteiger partial charge on any atom is -0.462 e. The quantitative estimate of drug-likeness (QED) is 0.719. The summed E-state index contributed by atoms with van der Waals surface area (Å²) in [6.07, 6.45) is 1.79. The van der Waals surface area contributed by atoms with E-state index >= 15 is 0 Å². The van der Waals surface area contributed by atoms with Gasteiger partial charge in [-0.25, -0.2) is 4.79 Å². The number of carbonyl (C=O) groups excluding carboxylic acids is 2. The molecular weight excluding hydrogens is 254 g/mol. The molecule has 0 saturated carbocycles. The average molecular weight is 277 g/mol. The Bertz CT molecular complexity index is 451. The van der Waals surface area contributed by atoms with E-state index < -0.39 is 5.97 Å². The third kappa shape index (κ3) is 4.08. The van der Waals surface area contributed by atoms with Crippen LogP contribution in [0.25, 0.3) is 0 Å². The van der Waals surface area contributed by atoms with Gasteiger partial charge in [-0.3, -0.25) is 4.79 Å². The van der Waals surface area contributed by atoms with Crippen molar-refractivity contribution >= 4 is 11.9 Å². The molecule has 0 spiro atoms. The molecule has 0 aliphatic carbocycles. The number of amides is 1. The Kier molecular flexibility index (Phi) is 6.77. The topological polar surface area (TPSA) is 46.6 Å². The van der Waals surface area contributed by atoms with E-state index in [2.05, 4.69) is 0 Å². The molecule has 0 heterocycles. The van der Waals surface area contributed by atoms with Crippen molar-refractivity contribution in [2.75, 3.05) is 19.7 Å². The molecule has 4 nitrogen and oxygen atoms in total. The SMILES string of the molecule is CCCN(CCC)C(=O)c1ccccc1C(=O)OCC. The Balaban J connectivity index is 3.04. The summed E-state index contributed by atoms with van der Waals surface area (Å²) < 4.78 is 5.01. The molecule has 1 amide bonds. The zero-order valence-electron chi connectivity index (χ0n) is 12.5. The molecule has 0 N–H and O–H groups in total. The summed E-state index contributed by atoms with van der Waals surface area (Å²) in [5, 5.41) is 0. The number of carbonyl (C=O) groups is 2. The normalized spacial score (nSPS) is 10.2. The molecule has 0 unspecified atom stereocenters. The van der Waals surface area contributed by atoms with Crippen molar-refractivity contribution in [1.82, 2.24) is 4.90 Å². The molecule has 0 bridgehead atoms. The number of benzene rings is 1. The summed E-state index contributed by atoms with van der Waals surface area (Å²) in [5.74, 6) is -0.540. The fourth-order valence-electron chi connectivity index (χ4n) is 2.08. The van der Waals surface area contributed by atoms with E-state index in [4.69, 9.17) is 4.74 Å². The zero-order valence-corrected chi connectivity index (χ0v) is 12.5. The van der Waals surface area contributed by atoms with Crippen molar-refractivity contribution in [3.63, 3.8) is 0 Å². The Morgan fingerprint density at radius 1 is 1.00 bits per heavy atom. The Labute approximate surface area is 120 Å². The van der Waals surface area contributed by atoms with Gasteiger partial charge in [-0.2, -0.15) is 0 Å². The maximum atomic E-state index is 12.6. The molecule has 0 aliphatic rings. The van der Waals surface area contributed by atoms with Gasteiger partial charge in [0.25, 0.3) is 5.91 Å². The zero-order chi connectivity index (χ0) is 15.0. The third-order valence-corrected chi connectivity index (χ3v) is 2.93. The van der Waals surface area contributed by atoms with Crippen LogP contribution < -0.4 is 0 Å². The molecule has 0 aliphatic heterocycles. The smallest absolute Gasteiger partial charge is 0.338 e. The van der Waals surface area contributed by atoms with Crippen molar-refractivity contribution in [3.05, 3.63) is 35.4 Å². The first-order chi connectivity index (χ1) is 9.65. The summed E-state index contributed by atoms with van der Waals surface area (Å²) in [5.41, 5.74) is 0.768. The van der Waals surface area contributed by atoms with Crippen molar-refractivity contribution in [1.29, 1.82) is 0 Å². The molecule has 0 saturated heterocycles. The molecule has 1 aromatic carbocycles. The fraction of sp³-hybridized carbons (Fsp3) is 0.500. The molecule has 110 valence electrons. The van der Waals surface area contributed by atoms with Gasteiger partial charge in [0, 0.05) is 13.1 Å². The van der Waals surface area contributed by atoms with Crippen LogP contribution in [-0.4, -0.2) is 36.5 Å². The monoisotopic (exact) mass is 277 g/mol. The molecule has 0 atom stereocenters. The minimum absolute atomic E-state index is 0.0997. The van der Waals surface area contributed by atoms with E-state index in [-0.39, 0.29) is 5.91 Å². The van der Waals surface area contributed by atoms with Gasteiger partial charge in [0.1, 0.15) is 0 Å². The molecule has 0 fully saturated rings. The summed E-state index contributed by atoms with van der Waals surface area (Å²) >= 11 is 0. The number of rotatable bonds is 7. The van der Waals surface area contributed by atoms with Crippen LogP contribution >= 0.6 is 0 Å². The highest BCUT2D eigenvalue weighted by Gasteiger charge is 2.21. The fourth-order valence-corrected chi connectivity index (χ4v) is 2.08. The van der Waals surface area contributed by atoms with Gasteiger partial charge in [0.05, 0.1) is 17.7 Å². The van der Waals surface area contributed by atoms with E-state index in [1.807, 2.05) is 13.8 Å². The number of nitrogens with zero attached hydrogens (tertiary/aromatic N) is 1. The molecular formula is C16H23NO3. The summed E-state index contributed by atoms with van der Waals surface area (Å²) in [6.45, 7) is 7.52. The Morgan fingerprint density at radius 3 is 2.05 bits per heavy atom. The van der Waals surface area contributed by atoms with Crippen molar-refractivity contribution in [2.24, 2.45) is 0 Å².